The predicted octanol–water partition coefficient (Wildman–Crippen LogP) is 5.26. The molecule has 3 heterocycles. The maximum atomic E-state index is 13.4. The molecule has 0 amide bonds. The van der Waals surface area contributed by atoms with E-state index in [1.54, 1.807) is 0 Å². The number of benzene rings is 1. The number of carbonyl (C=O) groups excluding carboxylic acids is 1. The molecule has 1 aliphatic carbocycles. The van der Waals surface area contributed by atoms with Crippen molar-refractivity contribution in [1.29, 1.82) is 0 Å². The molecule has 5 heteroatoms. The van der Waals surface area contributed by atoms with Crippen LogP contribution in [0.1, 0.15) is 55.4 Å². The number of aryl methyl sites for hydroxylation is 2. The minimum absolute atomic E-state index is 0.0361. The number of hydrogen-bond donors (Lipinski definition) is 1. The molecule has 0 radical (unpaired) electrons. The molecule has 1 aliphatic heterocycles. The topological polar surface area (TPSA) is 51.9 Å². The van der Waals surface area contributed by atoms with Gasteiger partial charge in [0.25, 0.3) is 0 Å². The summed E-state index contributed by atoms with van der Waals surface area (Å²) in [5, 5.41) is 8.31. The van der Waals surface area contributed by atoms with E-state index in [-0.39, 0.29) is 17.2 Å². The normalized spacial score (nSPS) is 20.0. The van der Waals surface area contributed by atoms with E-state index in [9.17, 15) is 4.79 Å². The monoisotopic (exact) mass is 400 g/mol. The quantitative estimate of drug-likeness (QED) is 0.639. The Hall–Kier alpha value is -3.08. The lowest BCUT2D eigenvalue weighted by Gasteiger charge is -2.38. The SMILES string of the molecule is Cc1cc2n(n1)C(c1cc(C)n(-c3ccccc3)c1C)C1=C(CC(C)(C)CC1=O)N2. The van der Waals surface area contributed by atoms with Crippen molar-refractivity contribution in [3.05, 3.63) is 76.4 Å². The molecule has 0 saturated heterocycles. The summed E-state index contributed by atoms with van der Waals surface area (Å²) in [6.07, 6.45) is 1.43. The Balaban J connectivity index is 1.73. The molecule has 154 valence electrons. The number of nitrogens with zero attached hydrogens (tertiary/aromatic N) is 3. The van der Waals surface area contributed by atoms with Gasteiger partial charge in [-0.1, -0.05) is 32.0 Å². The highest BCUT2D eigenvalue weighted by Gasteiger charge is 2.42. The molecule has 2 aromatic heterocycles. The molecule has 30 heavy (non-hydrogen) atoms. The summed E-state index contributed by atoms with van der Waals surface area (Å²) in [4.78, 5) is 13.4. The molecule has 1 atom stereocenters. The van der Waals surface area contributed by atoms with Crippen molar-refractivity contribution in [2.45, 2.75) is 53.5 Å². The highest BCUT2D eigenvalue weighted by molar-refractivity contribution is 6.00. The van der Waals surface area contributed by atoms with Gasteiger partial charge in [0.1, 0.15) is 11.9 Å². The van der Waals surface area contributed by atoms with Crippen LogP contribution in [0.2, 0.25) is 0 Å². The summed E-state index contributed by atoms with van der Waals surface area (Å²) in [6, 6.07) is 14.5. The lowest BCUT2D eigenvalue weighted by molar-refractivity contribution is -0.118. The van der Waals surface area contributed by atoms with Gasteiger partial charge in [0, 0.05) is 46.4 Å². The third kappa shape index (κ3) is 2.83. The van der Waals surface area contributed by atoms with Crippen LogP contribution in [0.3, 0.4) is 0 Å². The van der Waals surface area contributed by atoms with Crippen LogP contribution in [0, 0.1) is 26.2 Å². The summed E-state index contributed by atoms with van der Waals surface area (Å²) in [7, 11) is 0. The van der Waals surface area contributed by atoms with E-state index in [1.165, 1.54) is 0 Å². The Morgan fingerprint density at radius 1 is 1.07 bits per heavy atom. The number of hydrogen-bond acceptors (Lipinski definition) is 3. The first-order valence-electron chi connectivity index (χ1n) is 10.6. The van der Waals surface area contributed by atoms with E-state index in [0.29, 0.717) is 6.42 Å². The van der Waals surface area contributed by atoms with Crippen LogP contribution in [0.15, 0.2) is 53.7 Å². The Morgan fingerprint density at radius 2 is 1.80 bits per heavy atom. The second-order valence-corrected chi connectivity index (χ2v) is 9.47. The minimum Gasteiger partial charge on any atom is -0.343 e. The van der Waals surface area contributed by atoms with E-state index in [1.807, 2.05) is 17.7 Å². The first-order valence-corrected chi connectivity index (χ1v) is 10.6. The van der Waals surface area contributed by atoms with Crippen molar-refractivity contribution in [1.82, 2.24) is 14.3 Å². The van der Waals surface area contributed by atoms with Crippen molar-refractivity contribution in [3.8, 4) is 5.69 Å². The molecule has 1 N–H and O–H groups in total. The number of para-hydroxylation sites is 1. The maximum Gasteiger partial charge on any atom is 0.163 e. The Kier molecular flexibility index (Phi) is 4.07. The van der Waals surface area contributed by atoms with Gasteiger partial charge in [-0.25, -0.2) is 4.68 Å². The zero-order valence-corrected chi connectivity index (χ0v) is 18.3. The lowest BCUT2D eigenvalue weighted by Crippen LogP contribution is -2.36. The second kappa shape index (κ2) is 6.46. The van der Waals surface area contributed by atoms with Gasteiger partial charge in [-0.05, 0) is 50.8 Å². The third-order valence-corrected chi connectivity index (χ3v) is 6.35. The molecule has 5 rings (SSSR count). The molecule has 2 aliphatic rings. The number of fused-ring (bicyclic) bond motifs is 1. The van der Waals surface area contributed by atoms with Crippen molar-refractivity contribution in [3.63, 3.8) is 0 Å². The summed E-state index contributed by atoms with van der Waals surface area (Å²) in [5.74, 6) is 1.19. The summed E-state index contributed by atoms with van der Waals surface area (Å²) >= 11 is 0. The van der Waals surface area contributed by atoms with Gasteiger partial charge in [0.15, 0.2) is 5.78 Å². The number of rotatable bonds is 2. The van der Waals surface area contributed by atoms with Crippen LogP contribution in [0.5, 0.6) is 0 Å². The van der Waals surface area contributed by atoms with Crippen molar-refractivity contribution < 1.29 is 4.79 Å². The first-order chi connectivity index (χ1) is 14.2. The van der Waals surface area contributed by atoms with Crippen LogP contribution in [0.4, 0.5) is 5.82 Å². The molecule has 5 nitrogen and oxygen atoms in total. The fourth-order valence-corrected chi connectivity index (χ4v) is 5.17. The number of ketones is 1. The highest BCUT2D eigenvalue weighted by Crippen LogP contribution is 2.46. The standard InChI is InChI=1S/C25H28N4O/c1-15-11-22-26-20-13-25(4,5)14-21(30)23(20)24(29(22)27-15)19-12-16(2)28(17(19)3)18-9-7-6-8-10-18/h6-12,24,26H,13-14H2,1-5H3. The Bertz CT molecular complexity index is 1190. The molecular formula is C25H28N4O. The van der Waals surface area contributed by atoms with Crippen molar-refractivity contribution in [2.75, 3.05) is 5.32 Å². The van der Waals surface area contributed by atoms with Crippen LogP contribution in [0.25, 0.3) is 5.69 Å². The average Bonchev–Trinajstić information content (AvgIpc) is 3.17. The van der Waals surface area contributed by atoms with Gasteiger partial charge in [0.05, 0.1) is 5.69 Å². The van der Waals surface area contributed by atoms with Crippen molar-refractivity contribution in [2.24, 2.45) is 5.41 Å². The molecule has 0 saturated carbocycles. The molecule has 0 fully saturated rings. The van der Waals surface area contributed by atoms with Crippen molar-refractivity contribution >= 4 is 11.6 Å². The summed E-state index contributed by atoms with van der Waals surface area (Å²) < 4.78 is 4.27. The van der Waals surface area contributed by atoms with E-state index >= 15 is 0 Å². The maximum absolute atomic E-state index is 13.4. The fraction of sp³-hybridized carbons (Fsp3) is 0.360. The minimum atomic E-state index is -0.197. The first kappa shape index (κ1) is 18.9. The molecule has 0 bridgehead atoms. The highest BCUT2D eigenvalue weighted by atomic mass is 16.1. The molecule has 1 unspecified atom stereocenters. The van der Waals surface area contributed by atoms with E-state index in [0.717, 1.165) is 51.8 Å². The van der Waals surface area contributed by atoms with Gasteiger partial charge >= 0.3 is 0 Å². The second-order valence-electron chi connectivity index (χ2n) is 9.47. The number of carbonyl (C=O) groups is 1. The summed E-state index contributed by atoms with van der Waals surface area (Å²) in [5.41, 5.74) is 7.42. The number of Topliss-reactive ketones (excluding diaryl/α,β-unsaturated/α-hetero) is 1. The zero-order chi connectivity index (χ0) is 21.2. The smallest absolute Gasteiger partial charge is 0.163 e. The number of aromatic nitrogens is 3. The van der Waals surface area contributed by atoms with Crippen LogP contribution in [-0.4, -0.2) is 20.1 Å². The largest absolute Gasteiger partial charge is 0.343 e. The number of nitrogens with one attached hydrogen (secondary N) is 1. The van der Waals surface area contributed by atoms with E-state index < -0.39 is 0 Å². The fourth-order valence-electron chi connectivity index (χ4n) is 5.17. The van der Waals surface area contributed by atoms with Crippen LogP contribution < -0.4 is 5.32 Å². The number of anilines is 1. The zero-order valence-electron chi connectivity index (χ0n) is 18.3. The lowest BCUT2D eigenvalue weighted by atomic mass is 9.73. The molecule has 0 spiro atoms. The summed E-state index contributed by atoms with van der Waals surface area (Å²) in [6.45, 7) is 10.6. The Labute approximate surface area is 177 Å². The van der Waals surface area contributed by atoms with E-state index in [2.05, 4.69) is 74.0 Å². The van der Waals surface area contributed by atoms with E-state index in [4.69, 9.17) is 5.10 Å². The average molecular weight is 401 g/mol. The van der Waals surface area contributed by atoms with Gasteiger partial charge in [-0.2, -0.15) is 5.10 Å². The predicted molar refractivity (Wildman–Crippen MR) is 119 cm³/mol. The van der Waals surface area contributed by atoms with Gasteiger partial charge in [0.2, 0.25) is 0 Å². The van der Waals surface area contributed by atoms with Gasteiger partial charge in [-0.15, -0.1) is 0 Å². The van der Waals surface area contributed by atoms with Crippen LogP contribution >= 0.6 is 0 Å². The molecule has 1 aromatic carbocycles. The number of allylic oxidation sites excluding steroid dienone is 2. The van der Waals surface area contributed by atoms with Gasteiger partial charge < -0.3 is 9.88 Å². The Morgan fingerprint density at radius 3 is 2.53 bits per heavy atom. The molecule has 3 aromatic rings. The molecular weight excluding hydrogens is 372 g/mol. The van der Waals surface area contributed by atoms with Gasteiger partial charge in [-0.3, -0.25) is 4.79 Å². The van der Waals surface area contributed by atoms with Crippen LogP contribution in [-0.2, 0) is 4.79 Å². The third-order valence-electron chi connectivity index (χ3n) is 6.35.